The Kier molecular flexibility index (Phi) is 3.95. The predicted octanol–water partition coefficient (Wildman–Crippen LogP) is 2.76. The summed E-state index contributed by atoms with van der Waals surface area (Å²) < 4.78 is 0. The van der Waals surface area contributed by atoms with E-state index in [0.717, 1.165) is 5.56 Å². The lowest BCUT2D eigenvalue weighted by molar-refractivity contribution is -0.763. The van der Waals surface area contributed by atoms with E-state index in [-0.39, 0.29) is 12.2 Å². The number of carboxylic acids is 1. The van der Waals surface area contributed by atoms with Gasteiger partial charge in [0.2, 0.25) is 0 Å². The molecule has 0 saturated heterocycles. The summed E-state index contributed by atoms with van der Waals surface area (Å²) in [6.45, 7) is -0.275. The van der Waals surface area contributed by atoms with Crippen LogP contribution in [0.5, 0.6) is 0 Å². The highest BCUT2D eigenvalue weighted by Crippen LogP contribution is 2.25. The molecule has 20 heavy (non-hydrogen) atoms. The van der Waals surface area contributed by atoms with Crippen molar-refractivity contribution in [2.75, 3.05) is 0 Å². The first-order valence-corrected chi connectivity index (χ1v) is 5.77. The number of hydrogen-bond acceptors (Lipinski definition) is 4. The van der Waals surface area contributed by atoms with Crippen LogP contribution in [0.15, 0.2) is 48.5 Å². The van der Waals surface area contributed by atoms with Crippen molar-refractivity contribution in [1.29, 1.82) is 0 Å². The highest BCUT2D eigenvalue weighted by atomic mass is 16.9. The molecule has 6 heteroatoms. The van der Waals surface area contributed by atoms with Gasteiger partial charge in [0.05, 0.1) is 5.56 Å². The second-order valence-electron chi connectivity index (χ2n) is 4.05. The first-order chi connectivity index (χ1) is 9.58. The van der Waals surface area contributed by atoms with Crippen LogP contribution in [0.1, 0.15) is 15.9 Å². The van der Waals surface area contributed by atoms with Gasteiger partial charge in [0, 0.05) is 0 Å². The molecule has 0 spiro atoms. The van der Waals surface area contributed by atoms with Gasteiger partial charge in [0.1, 0.15) is 6.61 Å². The third kappa shape index (κ3) is 3.11. The van der Waals surface area contributed by atoms with Crippen molar-refractivity contribution in [1.82, 2.24) is 0 Å². The Morgan fingerprint density at radius 2 is 1.90 bits per heavy atom. The van der Waals surface area contributed by atoms with Crippen LogP contribution < -0.4 is 0 Å². The summed E-state index contributed by atoms with van der Waals surface area (Å²) in [5, 5.41) is 18.5. The molecule has 0 radical (unpaired) electrons. The Bertz CT molecular complexity index is 639. The fourth-order valence-electron chi connectivity index (χ4n) is 1.85. The smallest absolute Gasteiger partial charge is 0.336 e. The van der Waals surface area contributed by atoms with Crippen molar-refractivity contribution < 1.29 is 19.8 Å². The maximum Gasteiger partial charge on any atom is 0.336 e. The molecular weight excluding hydrogens is 262 g/mol. The summed E-state index contributed by atoms with van der Waals surface area (Å²) >= 11 is 0. The second-order valence-corrected chi connectivity index (χ2v) is 4.05. The molecule has 6 nitrogen and oxygen atoms in total. The highest BCUT2D eigenvalue weighted by molar-refractivity contribution is 5.96. The van der Waals surface area contributed by atoms with E-state index in [9.17, 15) is 20.0 Å². The monoisotopic (exact) mass is 273 g/mol. The second kappa shape index (κ2) is 5.83. The topological polar surface area (TPSA) is 89.7 Å². The van der Waals surface area contributed by atoms with Gasteiger partial charge in [0.25, 0.3) is 5.09 Å². The fraction of sp³-hybridized carbons (Fsp3) is 0.0714. The van der Waals surface area contributed by atoms with Crippen LogP contribution in [0.4, 0.5) is 0 Å². The molecule has 0 aliphatic rings. The normalized spacial score (nSPS) is 10.0. The lowest BCUT2D eigenvalue weighted by atomic mass is 9.98. The molecule has 2 rings (SSSR count). The molecule has 0 aromatic heterocycles. The summed E-state index contributed by atoms with van der Waals surface area (Å²) in [5.74, 6) is -1.09. The molecule has 0 heterocycles. The summed E-state index contributed by atoms with van der Waals surface area (Å²) in [7, 11) is 0. The predicted molar refractivity (Wildman–Crippen MR) is 70.6 cm³/mol. The molecule has 0 fully saturated rings. The van der Waals surface area contributed by atoms with E-state index in [1.807, 2.05) is 18.2 Å². The molecule has 0 bridgehead atoms. The van der Waals surface area contributed by atoms with E-state index in [1.54, 1.807) is 24.3 Å². The Hall–Kier alpha value is -2.89. The lowest BCUT2D eigenvalue weighted by Gasteiger charge is -2.08. The van der Waals surface area contributed by atoms with Crippen LogP contribution in [0, 0.1) is 10.1 Å². The average molecular weight is 273 g/mol. The van der Waals surface area contributed by atoms with Crippen molar-refractivity contribution in [3.8, 4) is 11.1 Å². The average Bonchev–Trinajstić information content (AvgIpc) is 2.45. The van der Waals surface area contributed by atoms with Gasteiger partial charge in [0.15, 0.2) is 0 Å². The van der Waals surface area contributed by atoms with Gasteiger partial charge in [-0.1, -0.05) is 42.5 Å². The zero-order valence-corrected chi connectivity index (χ0v) is 10.4. The number of aromatic carboxylic acids is 1. The fourth-order valence-corrected chi connectivity index (χ4v) is 1.85. The zero-order chi connectivity index (χ0) is 14.5. The van der Waals surface area contributed by atoms with E-state index in [2.05, 4.69) is 4.84 Å². The van der Waals surface area contributed by atoms with Gasteiger partial charge < -0.3 is 9.94 Å². The van der Waals surface area contributed by atoms with Gasteiger partial charge in [-0.05, 0) is 22.8 Å². The minimum absolute atomic E-state index is 0.0839. The molecule has 0 aliphatic heterocycles. The minimum atomic E-state index is -1.09. The number of benzene rings is 2. The maximum atomic E-state index is 11.3. The quantitative estimate of drug-likeness (QED) is 0.668. The number of nitrogens with zero attached hydrogens (tertiary/aromatic N) is 1. The zero-order valence-electron chi connectivity index (χ0n) is 10.4. The Labute approximate surface area is 114 Å². The van der Waals surface area contributed by atoms with Crippen LogP contribution in [0.2, 0.25) is 0 Å². The minimum Gasteiger partial charge on any atom is -0.478 e. The van der Waals surface area contributed by atoms with Crippen molar-refractivity contribution in [3.05, 3.63) is 69.8 Å². The molecule has 0 aliphatic carbocycles. The first-order valence-electron chi connectivity index (χ1n) is 5.77. The lowest BCUT2D eigenvalue weighted by Crippen LogP contribution is -2.04. The third-order valence-electron chi connectivity index (χ3n) is 2.74. The molecule has 1 N–H and O–H groups in total. The van der Waals surface area contributed by atoms with Gasteiger partial charge >= 0.3 is 5.97 Å². The summed E-state index contributed by atoms with van der Waals surface area (Å²) in [4.78, 5) is 25.7. The van der Waals surface area contributed by atoms with E-state index < -0.39 is 11.1 Å². The van der Waals surface area contributed by atoms with Crippen LogP contribution in [0.25, 0.3) is 11.1 Å². The van der Waals surface area contributed by atoms with Crippen LogP contribution in [-0.2, 0) is 11.4 Å². The maximum absolute atomic E-state index is 11.3. The molecule has 0 unspecified atom stereocenters. The first kappa shape index (κ1) is 13.5. The van der Waals surface area contributed by atoms with E-state index >= 15 is 0 Å². The van der Waals surface area contributed by atoms with Crippen molar-refractivity contribution >= 4 is 5.97 Å². The van der Waals surface area contributed by atoms with Gasteiger partial charge in [-0.2, -0.15) is 0 Å². The van der Waals surface area contributed by atoms with Crippen molar-refractivity contribution in [2.24, 2.45) is 0 Å². The molecule has 0 saturated carbocycles. The van der Waals surface area contributed by atoms with E-state index in [0.29, 0.717) is 11.1 Å². The van der Waals surface area contributed by atoms with E-state index in [4.69, 9.17) is 0 Å². The number of hydrogen-bond donors (Lipinski definition) is 1. The van der Waals surface area contributed by atoms with Gasteiger partial charge in [-0.15, -0.1) is 10.1 Å². The highest BCUT2D eigenvalue weighted by Gasteiger charge is 2.13. The SMILES string of the molecule is O=C(O)c1cc(CO[N+](=O)[O-])ccc1-c1ccccc1. The van der Waals surface area contributed by atoms with Crippen LogP contribution >= 0.6 is 0 Å². The van der Waals surface area contributed by atoms with Gasteiger partial charge in [-0.3, -0.25) is 0 Å². The number of carbonyl (C=O) groups is 1. The number of rotatable bonds is 5. The molecule has 102 valence electrons. The van der Waals surface area contributed by atoms with Gasteiger partial charge in [-0.25, -0.2) is 4.79 Å². The molecule has 0 atom stereocenters. The molecule has 2 aromatic carbocycles. The standard InChI is InChI=1S/C14H11NO5/c16-14(17)13-8-10(9-20-15(18)19)6-7-12(13)11-4-2-1-3-5-11/h1-8H,9H2,(H,16,17). The van der Waals surface area contributed by atoms with Crippen molar-refractivity contribution in [3.63, 3.8) is 0 Å². The molecule has 0 amide bonds. The third-order valence-corrected chi connectivity index (χ3v) is 2.74. The summed E-state index contributed by atoms with van der Waals surface area (Å²) in [5.41, 5.74) is 1.84. The molecule has 2 aromatic rings. The van der Waals surface area contributed by atoms with Crippen LogP contribution in [0.3, 0.4) is 0 Å². The van der Waals surface area contributed by atoms with Crippen LogP contribution in [-0.4, -0.2) is 16.2 Å². The van der Waals surface area contributed by atoms with E-state index in [1.165, 1.54) is 6.07 Å². The molecular formula is C14H11NO5. The largest absolute Gasteiger partial charge is 0.478 e. The number of carboxylic acid groups (broad SMARTS) is 1. The van der Waals surface area contributed by atoms with Crippen molar-refractivity contribution in [2.45, 2.75) is 6.61 Å². The summed E-state index contributed by atoms with van der Waals surface area (Å²) in [6.07, 6.45) is 0. The Morgan fingerprint density at radius 3 is 2.50 bits per heavy atom. The Balaban J connectivity index is 2.39. The summed E-state index contributed by atoms with van der Waals surface area (Å²) in [6, 6.07) is 13.7. The Morgan fingerprint density at radius 1 is 1.20 bits per heavy atom.